The van der Waals surface area contributed by atoms with Crippen molar-refractivity contribution in [3.8, 4) is 0 Å². The van der Waals surface area contributed by atoms with E-state index in [1.165, 1.54) is 4.90 Å². The summed E-state index contributed by atoms with van der Waals surface area (Å²) < 4.78 is 5.52. The molecule has 38 heavy (non-hydrogen) atoms. The Labute approximate surface area is 235 Å². The molecular weight excluding hydrogens is 529 g/mol. The second-order valence-electron chi connectivity index (χ2n) is 12.0. The van der Waals surface area contributed by atoms with Gasteiger partial charge in [0.2, 0.25) is 5.91 Å². The largest absolute Gasteiger partial charge is 0.449 e. The lowest BCUT2D eigenvalue weighted by molar-refractivity contribution is -0.142. The maximum absolute atomic E-state index is 14.4. The highest BCUT2D eigenvalue weighted by atomic mass is 35.5. The highest BCUT2D eigenvalue weighted by molar-refractivity contribution is 6.42. The number of hydrogen-bond donors (Lipinski definition) is 2. The average molecular weight is 569 g/mol. The predicted octanol–water partition coefficient (Wildman–Crippen LogP) is 4.26. The number of nitrogens with zero attached hydrogens (tertiary/aromatic N) is 2. The summed E-state index contributed by atoms with van der Waals surface area (Å²) in [6.45, 7) is 7.14. The van der Waals surface area contributed by atoms with E-state index in [4.69, 9.17) is 27.9 Å². The first-order valence-corrected chi connectivity index (χ1v) is 14.2. The van der Waals surface area contributed by atoms with Gasteiger partial charge in [-0.05, 0) is 57.2 Å². The minimum absolute atomic E-state index is 0.0288. The summed E-state index contributed by atoms with van der Waals surface area (Å²) in [5, 5.41) is 14.2. The molecule has 2 aliphatic heterocycles. The summed E-state index contributed by atoms with van der Waals surface area (Å²) in [5.74, 6) is -0.531. The number of nitrogens with one attached hydrogen (secondary N) is 1. The van der Waals surface area contributed by atoms with Gasteiger partial charge in [-0.1, -0.05) is 36.2 Å². The molecule has 2 atom stereocenters. The van der Waals surface area contributed by atoms with Gasteiger partial charge in [0.25, 0.3) is 0 Å². The molecule has 2 N–H and O–H groups in total. The van der Waals surface area contributed by atoms with Crippen LogP contribution in [0, 0.1) is 11.3 Å². The van der Waals surface area contributed by atoms with Crippen molar-refractivity contribution < 1.29 is 24.2 Å². The summed E-state index contributed by atoms with van der Waals surface area (Å²) in [5.41, 5.74) is -1.61. The number of hydrogen-bond acceptors (Lipinski definition) is 6. The Balaban J connectivity index is 1.59. The molecule has 1 aliphatic carbocycles. The van der Waals surface area contributed by atoms with E-state index >= 15 is 0 Å². The van der Waals surface area contributed by atoms with Crippen LogP contribution in [0.1, 0.15) is 64.4 Å². The first kappa shape index (κ1) is 29.1. The number of halogens is 2. The van der Waals surface area contributed by atoms with Crippen molar-refractivity contribution in [3.05, 3.63) is 33.8 Å². The van der Waals surface area contributed by atoms with E-state index in [0.717, 1.165) is 18.4 Å². The predicted molar refractivity (Wildman–Crippen MR) is 146 cm³/mol. The fraction of sp³-hybridized carbons (Fsp3) is 0.679. The Morgan fingerprint density at radius 1 is 1.18 bits per heavy atom. The number of benzene rings is 1. The number of aliphatic hydroxyl groups is 1. The van der Waals surface area contributed by atoms with Gasteiger partial charge >= 0.3 is 6.09 Å². The van der Waals surface area contributed by atoms with Crippen molar-refractivity contribution in [1.82, 2.24) is 15.1 Å². The zero-order valence-electron chi connectivity index (χ0n) is 22.7. The van der Waals surface area contributed by atoms with Crippen molar-refractivity contribution in [1.29, 1.82) is 0 Å². The summed E-state index contributed by atoms with van der Waals surface area (Å²) in [6, 6.07) is 5.31. The van der Waals surface area contributed by atoms with E-state index in [-0.39, 0.29) is 48.5 Å². The lowest BCUT2D eigenvalue weighted by Crippen LogP contribution is -2.62. The number of likely N-dealkylation sites (tertiary alicyclic amines) is 1. The molecule has 0 bridgehead atoms. The number of Topliss-reactive ketones (excluding diaryl/α,β-unsaturated/α-hetero) is 1. The Bertz CT molecular complexity index is 1080. The zero-order chi connectivity index (χ0) is 27.9. The van der Waals surface area contributed by atoms with Crippen LogP contribution in [0.15, 0.2) is 18.2 Å². The second kappa shape index (κ2) is 11.0. The molecule has 3 aliphatic rings. The van der Waals surface area contributed by atoms with Crippen LogP contribution in [-0.2, 0) is 14.3 Å². The molecule has 0 radical (unpaired) electrons. The quantitative estimate of drug-likeness (QED) is 0.487. The number of rotatable bonds is 8. The van der Waals surface area contributed by atoms with Crippen LogP contribution in [0.3, 0.4) is 0 Å². The van der Waals surface area contributed by atoms with Gasteiger partial charge in [-0.3, -0.25) is 14.5 Å². The number of ketones is 1. The third-order valence-corrected chi connectivity index (χ3v) is 9.31. The SMILES string of the molecule is CN(C(=O)OCCC(C)(C)O)[C@@]1(C(=O)C2CCN(C(=O)C3(C)CC3)CC2)CNC[C@@H]1c1ccc(Cl)c(Cl)c1. The van der Waals surface area contributed by atoms with Crippen LogP contribution in [-0.4, -0.2) is 83.7 Å². The van der Waals surface area contributed by atoms with Gasteiger partial charge in [0.05, 0.1) is 22.3 Å². The lowest BCUT2D eigenvalue weighted by atomic mass is 9.72. The molecule has 1 saturated carbocycles. The van der Waals surface area contributed by atoms with Crippen LogP contribution in [0.25, 0.3) is 0 Å². The van der Waals surface area contributed by atoms with Crippen LogP contribution >= 0.6 is 23.2 Å². The Morgan fingerprint density at radius 2 is 1.84 bits per heavy atom. The van der Waals surface area contributed by atoms with Crippen molar-refractivity contribution in [2.45, 2.75) is 69.9 Å². The Kier molecular flexibility index (Phi) is 8.39. The van der Waals surface area contributed by atoms with Gasteiger partial charge in [-0.25, -0.2) is 4.79 Å². The second-order valence-corrected chi connectivity index (χ2v) is 12.8. The minimum Gasteiger partial charge on any atom is -0.449 e. The molecule has 0 unspecified atom stereocenters. The molecule has 10 heteroatoms. The van der Waals surface area contributed by atoms with Crippen LogP contribution in [0.4, 0.5) is 4.79 Å². The number of piperidine rings is 1. The molecule has 1 aromatic rings. The third kappa shape index (κ3) is 5.83. The first-order valence-electron chi connectivity index (χ1n) is 13.4. The highest BCUT2D eigenvalue weighted by Crippen LogP contribution is 2.47. The molecule has 2 amide bonds. The molecule has 8 nitrogen and oxygen atoms in total. The van der Waals surface area contributed by atoms with E-state index in [1.54, 1.807) is 33.0 Å². The van der Waals surface area contributed by atoms with E-state index in [2.05, 4.69) is 5.32 Å². The maximum Gasteiger partial charge on any atom is 0.410 e. The topological polar surface area (TPSA) is 99.2 Å². The monoisotopic (exact) mass is 567 g/mol. The Hall–Kier alpha value is -1.87. The maximum atomic E-state index is 14.4. The van der Waals surface area contributed by atoms with E-state index in [9.17, 15) is 19.5 Å². The number of ether oxygens (including phenoxy) is 1. The fourth-order valence-corrected chi connectivity index (χ4v) is 6.03. The molecule has 0 aromatic heterocycles. The van der Waals surface area contributed by atoms with E-state index < -0.39 is 17.2 Å². The minimum atomic E-state index is -1.21. The van der Waals surface area contributed by atoms with E-state index in [1.807, 2.05) is 17.9 Å². The van der Waals surface area contributed by atoms with Gasteiger partial charge in [-0.2, -0.15) is 0 Å². The lowest BCUT2D eigenvalue weighted by Gasteiger charge is -2.44. The summed E-state index contributed by atoms with van der Waals surface area (Å²) in [6.07, 6.45) is 2.60. The summed E-state index contributed by atoms with van der Waals surface area (Å²) >= 11 is 12.5. The smallest absolute Gasteiger partial charge is 0.410 e. The number of carbonyl (C=O) groups is 3. The third-order valence-electron chi connectivity index (χ3n) is 8.57. The number of likely N-dealkylation sites (N-methyl/N-ethyl adjacent to an activating group) is 1. The molecule has 210 valence electrons. The van der Waals surface area contributed by atoms with Gasteiger partial charge in [0.1, 0.15) is 5.54 Å². The molecule has 4 rings (SSSR count). The normalized spacial score (nSPS) is 25.2. The summed E-state index contributed by atoms with van der Waals surface area (Å²) in [4.78, 5) is 43.9. The molecule has 1 aromatic carbocycles. The molecule has 2 heterocycles. The highest BCUT2D eigenvalue weighted by Gasteiger charge is 2.57. The standard InChI is InChI=1S/C28H39Cl2N3O5/c1-26(2,37)11-14-38-25(36)32(4)28(17-31-16-20(28)19-5-6-21(29)22(30)15-19)23(34)18-7-12-33(13-8-18)24(35)27(3)9-10-27/h5-6,15,18,20,31,37H,7-14,16-17H2,1-4H3/t20-,28+/m1/s1. The van der Waals surface area contributed by atoms with Crippen molar-refractivity contribution in [2.75, 3.05) is 39.8 Å². The average Bonchev–Trinajstić information content (AvgIpc) is 3.47. The molecule has 2 saturated heterocycles. The molecule has 0 spiro atoms. The summed E-state index contributed by atoms with van der Waals surface area (Å²) in [7, 11) is 1.61. The van der Waals surface area contributed by atoms with Gasteiger partial charge in [0, 0.05) is 56.9 Å². The van der Waals surface area contributed by atoms with Gasteiger partial charge < -0.3 is 20.1 Å². The van der Waals surface area contributed by atoms with Crippen LogP contribution in [0.2, 0.25) is 10.0 Å². The number of amides is 2. The molecular formula is C28H39Cl2N3O5. The fourth-order valence-electron chi connectivity index (χ4n) is 5.73. The van der Waals surface area contributed by atoms with Crippen molar-refractivity contribution in [2.24, 2.45) is 11.3 Å². The van der Waals surface area contributed by atoms with Crippen molar-refractivity contribution >= 4 is 41.0 Å². The van der Waals surface area contributed by atoms with Gasteiger partial charge in [0.15, 0.2) is 5.78 Å². The zero-order valence-corrected chi connectivity index (χ0v) is 24.2. The Morgan fingerprint density at radius 3 is 2.42 bits per heavy atom. The number of carbonyl (C=O) groups excluding carboxylic acids is 3. The first-order chi connectivity index (χ1) is 17.8. The van der Waals surface area contributed by atoms with E-state index in [0.29, 0.717) is 42.5 Å². The van der Waals surface area contributed by atoms with Crippen LogP contribution < -0.4 is 5.32 Å². The van der Waals surface area contributed by atoms with Crippen molar-refractivity contribution in [3.63, 3.8) is 0 Å². The van der Waals surface area contributed by atoms with Crippen LogP contribution in [0.5, 0.6) is 0 Å². The van der Waals surface area contributed by atoms with Gasteiger partial charge in [-0.15, -0.1) is 0 Å². The molecule has 3 fully saturated rings.